The highest BCUT2D eigenvalue weighted by Gasteiger charge is 2.38. The Morgan fingerprint density at radius 2 is 1.94 bits per heavy atom. The van der Waals surface area contributed by atoms with Gasteiger partial charge in [-0.15, -0.1) is 11.3 Å². The summed E-state index contributed by atoms with van der Waals surface area (Å²) in [5, 5.41) is 10.9. The van der Waals surface area contributed by atoms with E-state index in [1.165, 1.54) is 7.11 Å². The van der Waals surface area contributed by atoms with Gasteiger partial charge < -0.3 is 14.4 Å². The summed E-state index contributed by atoms with van der Waals surface area (Å²) in [5.41, 5.74) is 0.123. The number of ether oxygens (including phenoxy) is 1. The smallest absolute Gasteiger partial charge is 0.348 e. The molecule has 0 bridgehead atoms. The molecule has 9 heteroatoms. The molecule has 1 aromatic heterocycles. The molecule has 33 heavy (non-hydrogen) atoms. The topological polar surface area (TPSA) is 76.1 Å². The average Bonchev–Trinajstić information content (AvgIpc) is 3.21. The van der Waals surface area contributed by atoms with Crippen LogP contribution in [0, 0.1) is 23.2 Å². The van der Waals surface area contributed by atoms with Gasteiger partial charge in [-0.1, -0.05) is 23.4 Å². The lowest BCUT2D eigenvalue weighted by molar-refractivity contribution is 0.0683. The fourth-order valence-electron chi connectivity index (χ4n) is 3.53. The minimum atomic E-state index is -3.65. The van der Waals surface area contributed by atoms with Crippen molar-refractivity contribution < 1.29 is 23.7 Å². The van der Waals surface area contributed by atoms with E-state index in [1.54, 1.807) is 35.0 Å². The van der Waals surface area contributed by atoms with Crippen LogP contribution in [-0.2, 0) is 13.8 Å². The minimum absolute atomic E-state index is 0.0894. The third kappa shape index (κ3) is 6.41. The number of rotatable bonds is 7. The molecule has 1 atom stereocenters. The lowest BCUT2D eigenvalue weighted by Gasteiger charge is -2.35. The van der Waals surface area contributed by atoms with Gasteiger partial charge in [-0.3, -0.25) is 9.24 Å². The monoisotopic (exact) mass is 509 g/mol. The van der Waals surface area contributed by atoms with Gasteiger partial charge in [0.1, 0.15) is 4.88 Å². The molecule has 0 amide bonds. The predicted molar refractivity (Wildman–Crippen MR) is 134 cm³/mol. The number of carboxylic acid groups (broad SMARTS) is 1. The summed E-state index contributed by atoms with van der Waals surface area (Å²) in [7, 11) is -2.26. The van der Waals surface area contributed by atoms with Gasteiger partial charge in [0, 0.05) is 37.3 Å². The Balaban J connectivity index is 2.15. The van der Waals surface area contributed by atoms with Gasteiger partial charge in [-0.2, -0.15) is 0 Å². The molecule has 1 saturated heterocycles. The molecule has 2 aromatic rings. The minimum Gasteiger partial charge on any atom is -0.477 e. The van der Waals surface area contributed by atoms with Gasteiger partial charge in [-0.25, -0.2) is 4.79 Å². The van der Waals surface area contributed by atoms with Crippen LogP contribution in [0.3, 0.4) is 0 Å². The molecule has 0 spiro atoms. The summed E-state index contributed by atoms with van der Waals surface area (Å²) < 4.78 is 27.2. The normalized spacial score (nSPS) is 16.5. The zero-order chi connectivity index (χ0) is 24.2. The number of benzene rings is 1. The fourth-order valence-corrected chi connectivity index (χ4v) is 6.68. The van der Waals surface area contributed by atoms with E-state index in [9.17, 15) is 14.5 Å². The predicted octanol–water partition coefficient (Wildman–Crippen LogP) is 5.90. The van der Waals surface area contributed by atoms with E-state index < -0.39 is 13.5 Å². The van der Waals surface area contributed by atoms with Crippen molar-refractivity contribution in [3.8, 4) is 11.8 Å². The zero-order valence-corrected chi connectivity index (χ0v) is 21.7. The van der Waals surface area contributed by atoms with Crippen LogP contribution < -0.4 is 9.97 Å². The number of anilines is 1. The second-order valence-corrected chi connectivity index (χ2v) is 12.8. The lowest BCUT2D eigenvalue weighted by Crippen LogP contribution is -2.34. The first kappa shape index (κ1) is 25.8. The van der Waals surface area contributed by atoms with Gasteiger partial charge >= 0.3 is 13.5 Å². The maximum absolute atomic E-state index is 14.4. The maximum atomic E-state index is 14.4. The van der Waals surface area contributed by atoms with Crippen molar-refractivity contribution in [1.82, 2.24) is 0 Å². The van der Waals surface area contributed by atoms with Crippen LogP contribution in [0.4, 0.5) is 5.69 Å². The molecule has 2 heterocycles. The Morgan fingerprint density at radius 1 is 1.30 bits per heavy atom. The highest BCUT2D eigenvalue weighted by atomic mass is 35.5. The van der Waals surface area contributed by atoms with E-state index in [0.29, 0.717) is 40.7 Å². The van der Waals surface area contributed by atoms with Crippen LogP contribution in [0.25, 0.3) is 0 Å². The van der Waals surface area contributed by atoms with Gasteiger partial charge in [-0.05, 0) is 69.9 Å². The molecule has 6 nitrogen and oxygen atoms in total. The number of nitrogens with zero attached hydrogens (tertiary/aromatic N) is 1. The zero-order valence-electron chi connectivity index (χ0n) is 19.3. The molecular formula is C24H29ClNO5PS. The summed E-state index contributed by atoms with van der Waals surface area (Å²) in [5.74, 6) is 5.32. The van der Waals surface area contributed by atoms with Crippen molar-refractivity contribution in [2.24, 2.45) is 11.3 Å². The summed E-state index contributed by atoms with van der Waals surface area (Å²) in [6.45, 7) is 7.58. The molecule has 0 radical (unpaired) electrons. The number of thiophene rings is 1. The van der Waals surface area contributed by atoms with Crippen molar-refractivity contribution in [2.45, 2.75) is 33.6 Å². The van der Waals surface area contributed by atoms with Crippen molar-refractivity contribution in [3.63, 3.8) is 0 Å². The molecule has 1 aliphatic rings. The van der Waals surface area contributed by atoms with Gasteiger partial charge in [0.15, 0.2) is 0 Å². The molecule has 1 fully saturated rings. The number of aromatic carboxylic acids is 1. The van der Waals surface area contributed by atoms with Crippen LogP contribution >= 0.6 is 30.5 Å². The SMILES string of the molecule is COP(=O)(c1ccc(Cl)cc1)N(CC1CCOCC1)c1cc(C#CC(C)(C)C)sc1C(=O)O. The molecule has 0 saturated carbocycles. The Bertz CT molecular complexity index is 1090. The Kier molecular flexibility index (Phi) is 8.31. The lowest BCUT2D eigenvalue weighted by atomic mass is 9.98. The Hall–Kier alpha value is -1.81. The van der Waals surface area contributed by atoms with E-state index in [1.807, 2.05) is 20.8 Å². The van der Waals surface area contributed by atoms with Crippen LogP contribution in [0.5, 0.6) is 0 Å². The second-order valence-electron chi connectivity index (χ2n) is 8.95. The largest absolute Gasteiger partial charge is 0.477 e. The van der Waals surface area contributed by atoms with Gasteiger partial charge in [0.05, 0.1) is 15.9 Å². The summed E-state index contributed by atoms with van der Waals surface area (Å²) in [6, 6.07) is 8.35. The first-order valence-corrected chi connectivity index (χ1v) is 13.5. The van der Waals surface area contributed by atoms with Gasteiger partial charge in [0.25, 0.3) is 0 Å². The highest BCUT2D eigenvalue weighted by molar-refractivity contribution is 7.68. The highest BCUT2D eigenvalue weighted by Crippen LogP contribution is 2.54. The van der Waals surface area contributed by atoms with E-state index >= 15 is 0 Å². The first-order chi connectivity index (χ1) is 15.5. The first-order valence-electron chi connectivity index (χ1n) is 10.7. The average molecular weight is 510 g/mol. The van der Waals surface area contributed by atoms with Crippen molar-refractivity contribution >= 4 is 47.4 Å². The van der Waals surface area contributed by atoms with Crippen LogP contribution in [0.15, 0.2) is 30.3 Å². The number of hydrogen-bond donors (Lipinski definition) is 1. The third-order valence-corrected chi connectivity index (χ3v) is 8.98. The molecule has 3 rings (SSSR count). The van der Waals surface area contributed by atoms with Crippen molar-refractivity contribution in [2.75, 3.05) is 31.5 Å². The van der Waals surface area contributed by atoms with E-state index in [0.717, 1.165) is 24.2 Å². The van der Waals surface area contributed by atoms with Crippen LogP contribution in [0.2, 0.25) is 5.02 Å². The molecule has 1 aliphatic heterocycles. The van der Waals surface area contributed by atoms with Gasteiger partial charge in [0.2, 0.25) is 0 Å². The Labute approximate surface area is 204 Å². The number of carbonyl (C=O) groups is 1. The molecule has 0 aliphatic carbocycles. The summed E-state index contributed by atoms with van der Waals surface area (Å²) >= 11 is 7.14. The number of carboxylic acids is 1. The summed E-state index contributed by atoms with van der Waals surface area (Å²) in [6.07, 6.45) is 1.59. The molecular weight excluding hydrogens is 481 g/mol. The third-order valence-electron chi connectivity index (χ3n) is 5.24. The summed E-state index contributed by atoms with van der Waals surface area (Å²) in [4.78, 5) is 12.9. The van der Waals surface area contributed by atoms with E-state index in [-0.39, 0.29) is 16.2 Å². The van der Waals surface area contributed by atoms with Crippen molar-refractivity contribution in [3.05, 3.63) is 45.1 Å². The second kappa shape index (κ2) is 10.6. The van der Waals surface area contributed by atoms with E-state index in [4.69, 9.17) is 20.9 Å². The van der Waals surface area contributed by atoms with Crippen LogP contribution in [0.1, 0.15) is 48.2 Å². The molecule has 1 unspecified atom stereocenters. The Morgan fingerprint density at radius 3 is 2.48 bits per heavy atom. The maximum Gasteiger partial charge on any atom is 0.348 e. The number of hydrogen-bond acceptors (Lipinski definition) is 5. The van der Waals surface area contributed by atoms with Crippen molar-refractivity contribution in [1.29, 1.82) is 0 Å². The standard InChI is InChI=1S/C24H29ClNO5PS/c1-24(2,3)12-9-20-15-21(22(33-20)23(27)28)26(16-17-10-13-31-14-11-17)32(29,30-4)19-7-5-18(25)6-8-19/h5-8,15,17H,10-11,13-14,16H2,1-4H3,(H,27,28). The van der Waals surface area contributed by atoms with Crippen LogP contribution in [-0.4, -0.2) is 37.9 Å². The number of halogens is 1. The molecule has 1 N–H and O–H groups in total. The van der Waals surface area contributed by atoms with E-state index in [2.05, 4.69) is 11.8 Å². The fraction of sp³-hybridized carbons (Fsp3) is 0.458. The molecule has 178 valence electrons. The molecule has 1 aromatic carbocycles. The quantitative estimate of drug-likeness (QED) is 0.370.